The molecule has 9 heteroatoms. The third kappa shape index (κ3) is 3.11. The highest BCUT2D eigenvalue weighted by molar-refractivity contribution is 5.95. The molecular weight excluding hydrogens is 331 g/mol. The monoisotopic (exact) mass is 342 g/mol. The molecule has 1 aromatic carbocycles. The fourth-order valence-electron chi connectivity index (χ4n) is 2.23. The van der Waals surface area contributed by atoms with Crippen molar-refractivity contribution < 1.29 is 23.2 Å². The van der Waals surface area contributed by atoms with Crippen molar-refractivity contribution in [3.05, 3.63) is 48.2 Å². The van der Waals surface area contributed by atoms with Crippen LogP contribution in [0.25, 0.3) is 11.5 Å². The van der Waals surface area contributed by atoms with Gasteiger partial charge in [-0.25, -0.2) is 9.37 Å². The lowest BCUT2D eigenvalue weighted by Crippen LogP contribution is -2.25. The second kappa shape index (κ2) is 6.19. The highest BCUT2D eigenvalue weighted by Crippen LogP contribution is 2.29. The Labute approximate surface area is 140 Å². The summed E-state index contributed by atoms with van der Waals surface area (Å²) in [6, 6.07) is 7.66. The van der Waals surface area contributed by atoms with Crippen molar-refractivity contribution in [3.8, 4) is 23.1 Å². The number of aromatic nitrogens is 3. The minimum atomic E-state index is -0.471. The van der Waals surface area contributed by atoms with Crippen molar-refractivity contribution in [2.75, 3.05) is 11.9 Å². The van der Waals surface area contributed by atoms with E-state index in [4.69, 9.17) is 14.0 Å². The maximum absolute atomic E-state index is 13.5. The molecule has 3 aromatic rings. The third-order valence-electron chi connectivity index (χ3n) is 3.37. The van der Waals surface area contributed by atoms with E-state index in [1.165, 1.54) is 18.3 Å². The van der Waals surface area contributed by atoms with Crippen LogP contribution in [0.1, 0.15) is 5.82 Å². The number of carbonyl (C=O) groups excluding carboxylic acids is 1. The van der Waals surface area contributed by atoms with Gasteiger partial charge in [-0.1, -0.05) is 17.3 Å². The number of anilines is 1. The van der Waals surface area contributed by atoms with Crippen LogP contribution in [-0.4, -0.2) is 27.6 Å². The molecule has 1 aliphatic rings. The van der Waals surface area contributed by atoms with E-state index in [1.807, 2.05) is 0 Å². The second-order valence-electron chi connectivity index (χ2n) is 5.15. The molecule has 0 unspecified atom stereocenters. The number of benzene rings is 1. The lowest BCUT2D eigenvalue weighted by Gasteiger charge is -2.16. The van der Waals surface area contributed by atoms with Crippen LogP contribution in [0.3, 0.4) is 0 Å². The van der Waals surface area contributed by atoms with Gasteiger partial charge in [0.1, 0.15) is 5.69 Å². The molecule has 25 heavy (non-hydrogen) atoms. The molecular formula is C16H11FN4O4. The number of amides is 1. The summed E-state index contributed by atoms with van der Waals surface area (Å²) in [6.07, 6.45) is 1.49. The molecule has 3 heterocycles. The van der Waals surface area contributed by atoms with Gasteiger partial charge in [0.05, 0.1) is 5.56 Å². The van der Waals surface area contributed by atoms with Crippen LogP contribution in [0, 0.1) is 5.82 Å². The van der Waals surface area contributed by atoms with Gasteiger partial charge in [-0.15, -0.1) is 0 Å². The molecule has 8 nitrogen and oxygen atoms in total. The van der Waals surface area contributed by atoms with E-state index in [2.05, 4.69) is 20.4 Å². The molecule has 2 aromatic heterocycles. The smallest absolute Gasteiger partial charge is 0.262 e. The summed E-state index contributed by atoms with van der Waals surface area (Å²) in [6.45, 7) is -0.125. The Morgan fingerprint density at radius 2 is 2.20 bits per heavy atom. The van der Waals surface area contributed by atoms with Crippen molar-refractivity contribution >= 4 is 11.6 Å². The fourth-order valence-corrected chi connectivity index (χ4v) is 2.23. The number of para-hydroxylation sites is 1. The van der Waals surface area contributed by atoms with Gasteiger partial charge in [-0.05, 0) is 18.2 Å². The van der Waals surface area contributed by atoms with E-state index in [0.717, 1.165) is 0 Å². The van der Waals surface area contributed by atoms with Crippen LogP contribution in [0.5, 0.6) is 11.6 Å². The number of nitrogens with zero attached hydrogens (tertiary/aromatic N) is 3. The number of ether oxygens (including phenoxy) is 2. The molecule has 0 fully saturated rings. The molecule has 0 saturated heterocycles. The number of nitrogens with one attached hydrogen (secondary N) is 1. The standard InChI is InChI=1S/C16H11FN4O4/c17-10-3-1-2-4-12(10)23-7-13-20-15(25-21-13)9-5-11-16(18-6-9)24-8-14(22)19-11/h1-6H,7-8H2,(H,19,22). The van der Waals surface area contributed by atoms with Crippen molar-refractivity contribution in [2.45, 2.75) is 6.61 Å². The van der Waals surface area contributed by atoms with Crippen molar-refractivity contribution in [3.63, 3.8) is 0 Å². The Hall–Kier alpha value is -3.49. The van der Waals surface area contributed by atoms with E-state index >= 15 is 0 Å². The summed E-state index contributed by atoms with van der Waals surface area (Å²) >= 11 is 0. The average Bonchev–Trinajstić information content (AvgIpc) is 3.09. The predicted octanol–water partition coefficient (Wildman–Crippen LogP) is 2.18. The Bertz CT molecular complexity index is 943. The molecule has 0 radical (unpaired) electrons. The summed E-state index contributed by atoms with van der Waals surface area (Å²) < 4.78 is 29.2. The summed E-state index contributed by atoms with van der Waals surface area (Å²) in [5, 5.41) is 6.43. The molecule has 0 bridgehead atoms. The van der Waals surface area contributed by atoms with Crippen molar-refractivity contribution in [1.82, 2.24) is 15.1 Å². The van der Waals surface area contributed by atoms with Crippen molar-refractivity contribution in [2.24, 2.45) is 0 Å². The van der Waals surface area contributed by atoms with Gasteiger partial charge < -0.3 is 19.3 Å². The molecule has 0 atom stereocenters. The second-order valence-corrected chi connectivity index (χ2v) is 5.15. The summed E-state index contributed by atoms with van der Waals surface area (Å²) in [5.74, 6) is 0.130. The first kappa shape index (κ1) is 15.1. The predicted molar refractivity (Wildman–Crippen MR) is 82.4 cm³/mol. The van der Waals surface area contributed by atoms with Crippen LogP contribution in [-0.2, 0) is 11.4 Å². The largest absolute Gasteiger partial charge is 0.482 e. The zero-order valence-electron chi connectivity index (χ0n) is 12.7. The molecule has 1 N–H and O–H groups in total. The van der Waals surface area contributed by atoms with Gasteiger partial charge in [0.2, 0.25) is 11.7 Å². The number of carbonyl (C=O) groups is 1. The first-order valence-corrected chi connectivity index (χ1v) is 7.32. The molecule has 1 aliphatic heterocycles. The fraction of sp³-hybridized carbons (Fsp3) is 0.125. The van der Waals surface area contributed by atoms with Crippen molar-refractivity contribution in [1.29, 1.82) is 0 Å². The van der Waals surface area contributed by atoms with Gasteiger partial charge in [-0.3, -0.25) is 4.79 Å². The highest BCUT2D eigenvalue weighted by Gasteiger charge is 2.19. The molecule has 0 spiro atoms. The number of halogens is 1. The van der Waals surface area contributed by atoms with Crippen LogP contribution in [0.4, 0.5) is 10.1 Å². The lowest BCUT2D eigenvalue weighted by atomic mass is 10.2. The normalized spacial score (nSPS) is 12.9. The van der Waals surface area contributed by atoms with E-state index in [-0.39, 0.29) is 36.6 Å². The van der Waals surface area contributed by atoms with Gasteiger partial charge >= 0.3 is 0 Å². The molecule has 0 aliphatic carbocycles. The van der Waals surface area contributed by atoms with E-state index in [9.17, 15) is 9.18 Å². The Morgan fingerprint density at radius 3 is 3.08 bits per heavy atom. The zero-order chi connectivity index (χ0) is 17.2. The first-order chi connectivity index (χ1) is 12.2. The van der Waals surface area contributed by atoms with Gasteiger partial charge in [0, 0.05) is 6.20 Å². The number of fused-ring (bicyclic) bond motifs is 1. The van der Waals surface area contributed by atoms with Gasteiger partial charge in [0.25, 0.3) is 11.8 Å². The third-order valence-corrected chi connectivity index (χ3v) is 3.37. The van der Waals surface area contributed by atoms with Crippen LogP contribution < -0.4 is 14.8 Å². The zero-order valence-corrected chi connectivity index (χ0v) is 12.7. The Kier molecular flexibility index (Phi) is 3.73. The van der Waals surface area contributed by atoms with Crippen LogP contribution in [0.15, 0.2) is 41.1 Å². The Balaban J connectivity index is 1.50. The molecule has 126 valence electrons. The summed E-state index contributed by atoms with van der Waals surface area (Å²) in [4.78, 5) is 19.6. The van der Waals surface area contributed by atoms with Crippen LogP contribution in [0.2, 0.25) is 0 Å². The SMILES string of the molecule is O=C1COc2ncc(-c3nc(COc4ccccc4F)no3)cc2N1. The number of hydrogen-bond donors (Lipinski definition) is 1. The highest BCUT2D eigenvalue weighted by atomic mass is 19.1. The minimum Gasteiger partial charge on any atom is -0.482 e. The maximum Gasteiger partial charge on any atom is 0.262 e. The number of pyridine rings is 1. The molecule has 0 saturated carbocycles. The van der Waals surface area contributed by atoms with E-state index in [0.29, 0.717) is 17.1 Å². The van der Waals surface area contributed by atoms with E-state index < -0.39 is 5.82 Å². The Morgan fingerprint density at radius 1 is 1.32 bits per heavy atom. The lowest BCUT2D eigenvalue weighted by molar-refractivity contribution is -0.118. The topological polar surface area (TPSA) is 99.4 Å². The van der Waals surface area contributed by atoms with Gasteiger partial charge in [0.15, 0.2) is 24.8 Å². The quantitative estimate of drug-likeness (QED) is 0.776. The molecule has 4 rings (SSSR count). The number of hydrogen-bond acceptors (Lipinski definition) is 7. The van der Waals surface area contributed by atoms with Crippen LogP contribution >= 0.6 is 0 Å². The van der Waals surface area contributed by atoms with E-state index in [1.54, 1.807) is 18.2 Å². The molecule has 1 amide bonds. The summed E-state index contributed by atoms with van der Waals surface area (Å²) in [5.41, 5.74) is 0.935. The average molecular weight is 342 g/mol. The van der Waals surface area contributed by atoms with Gasteiger partial charge in [-0.2, -0.15) is 4.98 Å². The minimum absolute atomic E-state index is 0.0529. The number of rotatable bonds is 4. The first-order valence-electron chi connectivity index (χ1n) is 7.32. The maximum atomic E-state index is 13.5. The summed E-state index contributed by atoms with van der Waals surface area (Å²) in [7, 11) is 0.